The lowest BCUT2D eigenvalue weighted by Gasteiger charge is -2.61. The largest absolute Gasteiger partial charge is 0.393 e. The SMILES string of the molecule is CC(CCC(=O)N1CCN(C(=O)C2CC2)C[C@@H]1C)[C@H]1CC[C@H]2[C@@H]3CC[C@H]4C[C@@H](O)CC[C@]4(C)[C@H]3CC[C@]12C. The molecule has 0 bridgehead atoms. The van der Waals surface area contributed by atoms with Gasteiger partial charge < -0.3 is 14.9 Å². The summed E-state index contributed by atoms with van der Waals surface area (Å²) >= 11 is 0. The molecule has 1 unspecified atom stereocenters. The van der Waals surface area contributed by atoms with Crippen LogP contribution in [0.1, 0.15) is 111 Å². The topological polar surface area (TPSA) is 60.9 Å². The van der Waals surface area contributed by atoms with Crippen molar-refractivity contribution in [2.75, 3.05) is 19.6 Å². The maximum absolute atomic E-state index is 13.3. The normalized spacial score (nSPS) is 45.7. The molecule has 5 heteroatoms. The number of aliphatic hydroxyl groups excluding tert-OH is 1. The number of amides is 2. The standard InChI is InChI=1S/C33H54N2O3/c1-21(5-12-30(37)35-18-17-34(20-22(35)2)31(38)23-6-7-23)27-10-11-28-26-9-8-24-19-25(36)13-15-32(24,3)29(26)14-16-33(27,28)4/h21-29,36H,5-20H2,1-4H3/t21?,22-,24-,25-,26-,27+,28-,29-,32-,33+/m0/s1. The zero-order valence-electron chi connectivity index (χ0n) is 24.7. The Balaban J connectivity index is 1.04. The van der Waals surface area contributed by atoms with Crippen molar-refractivity contribution in [1.82, 2.24) is 9.80 Å². The van der Waals surface area contributed by atoms with Gasteiger partial charge in [0.05, 0.1) is 6.10 Å². The molecule has 5 saturated carbocycles. The highest BCUT2D eigenvalue weighted by Crippen LogP contribution is 2.68. The lowest BCUT2D eigenvalue weighted by atomic mass is 9.44. The van der Waals surface area contributed by atoms with Crippen LogP contribution >= 0.6 is 0 Å². The van der Waals surface area contributed by atoms with Crippen molar-refractivity contribution < 1.29 is 14.7 Å². The van der Waals surface area contributed by atoms with E-state index < -0.39 is 0 Å². The minimum Gasteiger partial charge on any atom is -0.393 e. The molecule has 1 saturated heterocycles. The van der Waals surface area contributed by atoms with Crippen molar-refractivity contribution in [2.45, 2.75) is 123 Å². The maximum atomic E-state index is 13.3. The van der Waals surface area contributed by atoms with E-state index in [-0.39, 0.29) is 18.1 Å². The monoisotopic (exact) mass is 526 g/mol. The van der Waals surface area contributed by atoms with Gasteiger partial charge in [-0.25, -0.2) is 0 Å². The predicted octanol–water partition coefficient (Wildman–Crippen LogP) is 5.89. The number of carbonyl (C=O) groups excluding carboxylic acids is 2. The fraction of sp³-hybridized carbons (Fsp3) is 0.939. The lowest BCUT2D eigenvalue weighted by molar-refractivity contribution is -0.143. The Morgan fingerprint density at radius 3 is 2.39 bits per heavy atom. The number of piperazine rings is 1. The van der Waals surface area contributed by atoms with Gasteiger partial charge in [-0.05, 0) is 130 Å². The highest BCUT2D eigenvalue weighted by atomic mass is 16.3. The van der Waals surface area contributed by atoms with Crippen LogP contribution in [0.2, 0.25) is 0 Å². The Hall–Kier alpha value is -1.10. The summed E-state index contributed by atoms with van der Waals surface area (Å²) in [6.45, 7) is 11.9. The Morgan fingerprint density at radius 2 is 1.66 bits per heavy atom. The first-order valence-electron chi connectivity index (χ1n) is 16.4. The van der Waals surface area contributed by atoms with Gasteiger partial charge in [-0.3, -0.25) is 9.59 Å². The van der Waals surface area contributed by atoms with Crippen LogP contribution in [0, 0.1) is 52.3 Å². The second-order valence-electron chi connectivity index (χ2n) is 15.3. The first-order valence-corrected chi connectivity index (χ1v) is 16.4. The summed E-state index contributed by atoms with van der Waals surface area (Å²) in [4.78, 5) is 29.9. The van der Waals surface area contributed by atoms with Gasteiger partial charge in [-0.1, -0.05) is 20.8 Å². The summed E-state index contributed by atoms with van der Waals surface area (Å²) in [5.41, 5.74) is 0.882. The molecular weight excluding hydrogens is 472 g/mol. The van der Waals surface area contributed by atoms with Crippen LogP contribution in [0.15, 0.2) is 0 Å². The molecule has 6 rings (SSSR count). The first kappa shape index (κ1) is 27.1. The average molecular weight is 527 g/mol. The summed E-state index contributed by atoms with van der Waals surface area (Å²) in [7, 11) is 0. The molecule has 6 aliphatic rings. The van der Waals surface area contributed by atoms with Crippen molar-refractivity contribution in [3.8, 4) is 0 Å². The third-order valence-corrected chi connectivity index (χ3v) is 13.4. The van der Waals surface area contributed by atoms with Gasteiger partial charge in [0.1, 0.15) is 0 Å². The fourth-order valence-electron chi connectivity index (χ4n) is 11.0. The Morgan fingerprint density at radius 1 is 0.921 bits per heavy atom. The maximum Gasteiger partial charge on any atom is 0.225 e. The van der Waals surface area contributed by atoms with Gasteiger partial charge in [0.15, 0.2) is 0 Å². The fourth-order valence-corrected chi connectivity index (χ4v) is 11.0. The first-order chi connectivity index (χ1) is 18.1. The molecule has 1 heterocycles. The number of hydrogen-bond acceptors (Lipinski definition) is 3. The number of fused-ring (bicyclic) bond motifs is 5. The van der Waals surface area contributed by atoms with Crippen LogP contribution in [0.3, 0.4) is 0 Å². The van der Waals surface area contributed by atoms with E-state index in [1.807, 2.05) is 4.90 Å². The van der Waals surface area contributed by atoms with Crippen LogP contribution in [0.4, 0.5) is 0 Å². The number of carbonyl (C=O) groups is 2. The summed E-state index contributed by atoms with van der Waals surface area (Å²) in [6, 6.07) is 0.135. The van der Waals surface area contributed by atoms with E-state index in [4.69, 9.17) is 0 Å². The van der Waals surface area contributed by atoms with Gasteiger partial charge in [0.2, 0.25) is 11.8 Å². The van der Waals surface area contributed by atoms with E-state index in [9.17, 15) is 14.7 Å². The number of nitrogens with zero attached hydrogens (tertiary/aromatic N) is 2. The van der Waals surface area contributed by atoms with Crippen molar-refractivity contribution in [2.24, 2.45) is 52.3 Å². The van der Waals surface area contributed by atoms with E-state index in [2.05, 4.69) is 32.6 Å². The molecule has 5 aliphatic carbocycles. The third kappa shape index (κ3) is 4.55. The smallest absolute Gasteiger partial charge is 0.225 e. The Bertz CT molecular complexity index is 918. The van der Waals surface area contributed by atoms with Gasteiger partial charge in [-0.15, -0.1) is 0 Å². The summed E-state index contributed by atoms with van der Waals surface area (Å²) in [6.07, 6.45) is 15.2. The van der Waals surface area contributed by atoms with Crippen molar-refractivity contribution >= 4 is 11.8 Å². The summed E-state index contributed by atoms with van der Waals surface area (Å²) < 4.78 is 0. The zero-order chi connectivity index (χ0) is 26.8. The van der Waals surface area contributed by atoms with Gasteiger partial charge in [0, 0.05) is 38.0 Å². The lowest BCUT2D eigenvalue weighted by Crippen LogP contribution is -2.55. The van der Waals surface area contributed by atoms with E-state index in [1.54, 1.807) is 0 Å². The molecule has 0 aromatic rings. The number of rotatable bonds is 5. The Kier molecular flexibility index (Phi) is 7.18. The Labute approximate surface area is 231 Å². The van der Waals surface area contributed by atoms with Crippen LogP contribution in [-0.4, -0.2) is 58.5 Å². The van der Waals surface area contributed by atoms with Crippen molar-refractivity contribution in [3.05, 3.63) is 0 Å². The minimum absolute atomic E-state index is 0.0602. The van der Waals surface area contributed by atoms with E-state index >= 15 is 0 Å². The molecule has 38 heavy (non-hydrogen) atoms. The van der Waals surface area contributed by atoms with E-state index in [0.29, 0.717) is 54.6 Å². The zero-order valence-corrected chi connectivity index (χ0v) is 24.7. The van der Waals surface area contributed by atoms with E-state index in [1.165, 1.54) is 44.9 Å². The average Bonchev–Trinajstić information content (AvgIpc) is 3.68. The van der Waals surface area contributed by atoms with Crippen LogP contribution in [0.25, 0.3) is 0 Å². The molecule has 0 aromatic heterocycles. The van der Waals surface area contributed by atoms with Gasteiger partial charge in [-0.2, -0.15) is 0 Å². The second-order valence-corrected chi connectivity index (χ2v) is 15.3. The van der Waals surface area contributed by atoms with Crippen molar-refractivity contribution in [1.29, 1.82) is 0 Å². The minimum atomic E-state index is -0.0602. The molecular formula is C33H54N2O3. The quantitative estimate of drug-likeness (QED) is 0.486. The molecule has 2 amide bonds. The molecule has 1 N–H and O–H groups in total. The highest BCUT2D eigenvalue weighted by Gasteiger charge is 2.60. The molecule has 5 nitrogen and oxygen atoms in total. The highest BCUT2D eigenvalue weighted by molar-refractivity contribution is 5.82. The van der Waals surface area contributed by atoms with E-state index in [0.717, 1.165) is 61.7 Å². The third-order valence-electron chi connectivity index (χ3n) is 13.4. The second kappa shape index (κ2) is 10.1. The number of hydrogen-bond donors (Lipinski definition) is 1. The molecule has 0 aromatic carbocycles. The number of aliphatic hydroxyl groups is 1. The van der Waals surface area contributed by atoms with Crippen LogP contribution in [-0.2, 0) is 9.59 Å². The molecule has 0 spiro atoms. The molecule has 0 radical (unpaired) electrons. The summed E-state index contributed by atoms with van der Waals surface area (Å²) in [5.74, 6) is 5.54. The molecule has 214 valence electrons. The molecule has 1 aliphatic heterocycles. The summed E-state index contributed by atoms with van der Waals surface area (Å²) in [5, 5.41) is 10.3. The van der Waals surface area contributed by atoms with Crippen LogP contribution in [0.5, 0.6) is 0 Å². The van der Waals surface area contributed by atoms with Crippen molar-refractivity contribution in [3.63, 3.8) is 0 Å². The van der Waals surface area contributed by atoms with Gasteiger partial charge in [0.25, 0.3) is 0 Å². The molecule has 6 fully saturated rings. The van der Waals surface area contributed by atoms with Gasteiger partial charge >= 0.3 is 0 Å². The predicted molar refractivity (Wildman–Crippen MR) is 150 cm³/mol. The van der Waals surface area contributed by atoms with Crippen LogP contribution < -0.4 is 0 Å². The molecule has 10 atom stereocenters.